The van der Waals surface area contributed by atoms with Crippen LogP contribution in [0.1, 0.15) is 6.42 Å². The minimum Gasteiger partial charge on any atom is -0.481 e. The third kappa shape index (κ3) is 9.48. The van der Waals surface area contributed by atoms with E-state index in [1.54, 1.807) is 0 Å². The van der Waals surface area contributed by atoms with E-state index < -0.39 is 24.5 Å². The zero-order valence-electron chi connectivity index (χ0n) is 5.86. The van der Waals surface area contributed by atoms with Crippen molar-refractivity contribution in [1.29, 1.82) is 0 Å². The van der Waals surface area contributed by atoms with Gasteiger partial charge in [0.15, 0.2) is 6.10 Å². The van der Waals surface area contributed by atoms with Gasteiger partial charge >= 0.3 is 11.9 Å². The molecule has 0 heterocycles. The van der Waals surface area contributed by atoms with Crippen LogP contribution in [0.3, 0.4) is 0 Å². The summed E-state index contributed by atoms with van der Waals surface area (Å²) >= 11 is 0. The molecule has 0 aliphatic carbocycles. The van der Waals surface area contributed by atoms with Crippen molar-refractivity contribution in [3.63, 3.8) is 0 Å². The first-order chi connectivity index (χ1) is 4.04. The van der Waals surface area contributed by atoms with Crippen LogP contribution in [0.5, 0.6) is 0 Å². The molecule has 0 radical (unpaired) electrons. The van der Waals surface area contributed by atoms with E-state index in [1.807, 2.05) is 0 Å². The Balaban J connectivity index is -0.000000320. The van der Waals surface area contributed by atoms with Gasteiger partial charge in [0.2, 0.25) is 0 Å². The van der Waals surface area contributed by atoms with Gasteiger partial charge in [-0.15, -0.1) is 0 Å². The molecule has 0 aliphatic rings. The van der Waals surface area contributed by atoms with Crippen molar-refractivity contribution in [3.05, 3.63) is 0 Å². The third-order valence-electron chi connectivity index (χ3n) is 0.653. The van der Waals surface area contributed by atoms with Crippen molar-refractivity contribution in [1.82, 2.24) is 6.15 Å². The number of aliphatic hydroxyl groups excluding tert-OH is 1. The normalized spacial score (nSPS) is 10.3. The second kappa shape index (κ2) is 7.59. The van der Waals surface area contributed by atoms with E-state index in [0.717, 1.165) is 0 Å². The van der Waals surface area contributed by atoms with E-state index in [2.05, 4.69) is 0 Å². The number of carboxylic acids is 2. The van der Waals surface area contributed by atoms with E-state index in [9.17, 15) is 9.59 Å². The van der Waals surface area contributed by atoms with Gasteiger partial charge in [0.1, 0.15) is 0 Å². The molecule has 0 fully saturated rings. The molecule has 0 bridgehead atoms. The number of aliphatic carboxylic acids is 2. The Morgan fingerprint density at radius 3 is 1.73 bits per heavy atom. The van der Waals surface area contributed by atoms with E-state index >= 15 is 0 Å². The van der Waals surface area contributed by atoms with Crippen LogP contribution in [0.2, 0.25) is 0 Å². The Morgan fingerprint density at radius 2 is 1.64 bits per heavy atom. The SMILES string of the molecule is N.O=C(O)CC(O)C(=O)O.[Zn]. The number of hydrogen-bond donors (Lipinski definition) is 4. The van der Waals surface area contributed by atoms with Crippen LogP contribution < -0.4 is 6.15 Å². The summed E-state index contributed by atoms with van der Waals surface area (Å²) in [6.45, 7) is 0. The second-order valence-corrected chi connectivity index (χ2v) is 1.45. The summed E-state index contributed by atoms with van der Waals surface area (Å²) in [5.41, 5.74) is 0. The van der Waals surface area contributed by atoms with Gasteiger partial charge in [-0.05, 0) is 0 Å². The predicted octanol–water partition coefficient (Wildman–Crippen LogP) is -0.934. The molecule has 7 heteroatoms. The molecule has 0 aliphatic heterocycles. The van der Waals surface area contributed by atoms with E-state index in [1.165, 1.54) is 0 Å². The molecule has 1 unspecified atom stereocenters. The Morgan fingerprint density at radius 1 is 1.27 bits per heavy atom. The van der Waals surface area contributed by atoms with Gasteiger partial charge in [-0.1, -0.05) is 0 Å². The van der Waals surface area contributed by atoms with Crippen LogP contribution in [0.15, 0.2) is 0 Å². The third-order valence-corrected chi connectivity index (χ3v) is 0.653. The van der Waals surface area contributed by atoms with Crippen LogP contribution in [-0.4, -0.2) is 33.4 Å². The van der Waals surface area contributed by atoms with Crippen LogP contribution in [0, 0.1) is 0 Å². The Hall–Kier alpha value is -0.517. The van der Waals surface area contributed by atoms with Crippen LogP contribution in [-0.2, 0) is 29.1 Å². The van der Waals surface area contributed by atoms with Crippen molar-refractivity contribution in [2.75, 3.05) is 0 Å². The minimum absolute atomic E-state index is 0. The molecule has 0 spiro atoms. The minimum atomic E-state index is -1.79. The topological polar surface area (TPSA) is 130 Å². The molecule has 0 rings (SSSR count). The summed E-state index contributed by atoms with van der Waals surface area (Å²) in [6, 6.07) is 0. The number of hydrogen-bond acceptors (Lipinski definition) is 4. The molecule has 0 saturated heterocycles. The Labute approximate surface area is 75.6 Å². The number of carboxylic acid groups (broad SMARTS) is 2. The summed E-state index contributed by atoms with van der Waals surface area (Å²) in [5.74, 6) is -2.85. The van der Waals surface area contributed by atoms with Crippen molar-refractivity contribution in [2.45, 2.75) is 12.5 Å². The summed E-state index contributed by atoms with van der Waals surface area (Å²) < 4.78 is 0. The van der Waals surface area contributed by atoms with Crippen LogP contribution >= 0.6 is 0 Å². The zero-order valence-corrected chi connectivity index (χ0v) is 8.82. The number of carbonyl (C=O) groups is 2. The fourth-order valence-electron chi connectivity index (χ4n) is 0.253. The first-order valence-electron chi connectivity index (χ1n) is 2.16. The van der Waals surface area contributed by atoms with Gasteiger partial charge in [0.05, 0.1) is 6.42 Å². The Bertz CT molecular complexity index is 138. The van der Waals surface area contributed by atoms with Crippen LogP contribution in [0.25, 0.3) is 0 Å². The van der Waals surface area contributed by atoms with Crippen molar-refractivity contribution < 1.29 is 44.4 Å². The van der Waals surface area contributed by atoms with Crippen molar-refractivity contribution >= 4 is 11.9 Å². The standard InChI is InChI=1S/C4H6O5.H3N.Zn/c5-2(4(8)9)1-3(6)7;;/h2,5H,1H2,(H,6,7)(H,8,9);1H3;. The van der Waals surface area contributed by atoms with E-state index in [-0.39, 0.29) is 25.6 Å². The number of aliphatic hydroxyl groups is 1. The van der Waals surface area contributed by atoms with Gasteiger partial charge < -0.3 is 21.5 Å². The molecule has 6 N–H and O–H groups in total. The summed E-state index contributed by atoms with van der Waals surface area (Å²) in [4.78, 5) is 19.4. The summed E-state index contributed by atoms with van der Waals surface area (Å²) in [5, 5.41) is 24.1. The largest absolute Gasteiger partial charge is 0.481 e. The Kier molecular flexibility index (Phi) is 11.6. The van der Waals surface area contributed by atoms with Gasteiger partial charge in [-0.2, -0.15) is 0 Å². The summed E-state index contributed by atoms with van der Waals surface area (Å²) in [7, 11) is 0. The number of rotatable bonds is 3. The molecule has 0 aromatic rings. The average molecular weight is 217 g/mol. The second-order valence-electron chi connectivity index (χ2n) is 1.45. The fourth-order valence-corrected chi connectivity index (χ4v) is 0.253. The molecule has 1 atom stereocenters. The monoisotopic (exact) mass is 215 g/mol. The smallest absolute Gasteiger partial charge is 0.333 e. The van der Waals surface area contributed by atoms with Crippen molar-refractivity contribution in [3.8, 4) is 0 Å². The van der Waals surface area contributed by atoms with Gasteiger partial charge in [-0.25, -0.2) is 4.79 Å². The van der Waals surface area contributed by atoms with Crippen LogP contribution in [0.4, 0.5) is 0 Å². The summed E-state index contributed by atoms with van der Waals surface area (Å²) in [6.07, 6.45) is -2.54. The van der Waals surface area contributed by atoms with Gasteiger partial charge in [0.25, 0.3) is 0 Å². The molecule has 11 heavy (non-hydrogen) atoms. The maximum Gasteiger partial charge on any atom is 0.333 e. The fraction of sp³-hybridized carbons (Fsp3) is 0.500. The predicted molar refractivity (Wildman–Crippen MR) is 30.9 cm³/mol. The molecule has 0 aromatic carbocycles. The molecule has 62 valence electrons. The van der Waals surface area contributed by atoms with E-state index in [4.69, 9.17) is 15.3 Å². The molecule has 6 nitrogen and oxygen atoms in total. The molecule has 0 amide bonds. The molecule has 0 saturated carbocycles. The van der Waals surface area contributed by atoms with Crippen molar-refractivity contribution in [2.24, 2.45) is 0 Å². The van der Waals surface area contributed by atoms with Gasteiger partial charge in [-0.3, -0.25) is 4.79 Å². The first-order valence-corrected chi connectivity index (χ1v) is 2.16. The maximum atomic E-state index is 9.72. The quantitative estimate of drug-likeness (QED) is 0.451. The maximum absolute atomic E-state index is 9.72. The van der Waals surface area contributed by atoms with E-state index in [0.29, 0.717) is 0 Å². The molecular formula is C4H9NO5Zn. The molecular weight excluding hydrogens is 207 g/mol. The zero-order chi connectivity index (χ0) is 7.44. The van der Waals surface area contributed by atoms with Gasteiger partial charge in [0, 0.05) is 19.5 Å². The first kappa shape index (κ1) is 16.8. The average Bonchev–Trinajstić information content (AvgIpc) is 1.63. The molecule has 0 aromatic heterocycles.